The Morgan fingerprint density at radius 1 is 1.25 bits per heavy atom. The van der Waals surface area contributed by atoms with Crippen molar-refractivity contribution in [3.8, 4) is 11.5 Å². The summed E-state index contributed by atoms with van der Waals surface area (Å²) in [7, 11) is -1.42. The maximum absolute atomic E-state index is 12.4. The number of aryl methyl sites for hydroxylation is 1. The highest BCUT2D eigenvalue weighted by Crippen LogP contribution is 2.24. The van der Waals surface area contributed by atoms with Gasteiger partial charge in [-0.1, -0.05) is 11.6 Å². The number of hydrogen-bond acceptors (Lipinski definition) is 6. The van der Waals surface area contributed by atoms with Crippen LogP contribution in [0, 0.1) is 6.92 Å². The van der Waals surface area contributed by atoms with E-state index in [0.29, 0.717) is 35.6 Å². The van der Waals surface area contributed by atoms with Crippen molar-refractivity contribution in [1.29, 1.82) is 0 Å². The van der Waals surface area contributed by atoms with Gasteiger partial charge in [0.1, 0.15) is 11.5 Å². The fourth-order valence-electron chi connectivity index (χ4n) is 2.41. The number of aromatic nitrogens is 1. The van der Waals surface area contributed by atoms with Crippen LogP contribution in [-0.4, -0.2) is 46.9 Å². The second kappa shape index (κ2) is 11.3. The van der Waals surface area contributed by atoms with Crippen molar-refractivity contribution in [3.05, 3.63) is 40.7 Å². The minimum Gasteiger partial charge on any atom is -0.441 e. The van der Waals surface area contributed by atoms with E-state index < -0.39 is 17.1 Å². The van der Waals surface area contributed by atoms with Crippen molar-refractivity contribution >= 4 is 28.3 Å². The van der Waals surface area contributed by atoms with Gasteiger partial charge in [-0.3, -0.25) is 9.00 Å². The number of nitrogens with zero attached hydrogens (tertiary/aromatic N) is 1. The highest BCUT2D eigenvalue weighted by molar-refractivity contribution is 7.84. The highest BCUT2D eigenvalue weighted by atomic mass is 35.5. The lowest BCUT2D eigenvalue weighted by molar-refractivity contribution is -0.139. The van der Waals surface area contributed by atoms with Crippen LogP contribution in [0.4, 0.5) is 0 Å². The third kappa shape index (κ3) is 7.01. The lowest BCUT2D eigenvalue weighted by Crippen LogP contribution is -2.37. The summed E-state index contributed by atoms with van der Waals surface area (Å²) in [5, 5.41) is 3.30. The molecule has 1 amide bonds. The molecule has 154 valence electrons. The van der Waals surface area contributed by atoms with Crippen LogP contribution >= 0.6 is 11.6 Å². The van der Waals surface area contributed by atoms with Gasteiger partial charge < -0.3 is 19.2 Å². The van der Waals surface area contributed by atoms with Crippen molar-refractivity contribution in [3.63, 3.8) is 0 Å². The number of amides is 1. The third-order valence-corrected chi connectivity index (χ3v) is 5.18. The van der Waals surface area contributed by atoms with Crippen molar-refractivity contribution in [1.82, 2.24) is 10.3 Å². The standard InChI is InChI=1S/C19H25ClN2O5S/c1-4-25-18(26-5-2)10-21-17(23)12-28(24)11-16-13(3)27-19(22-16)14-6-8-15(20)9-7-14/h6-9,18H,4-5,10-12H2,1-3H3,(H,21,23)/t28-/m0/s1. The molecule has 0 fully saturated rings. The summed E-state index contributed by atoms with van der Waals surface area (Å²) in [5.41, 5.74) is 1.35. The molecule has 7 nitrogen and oxygen atoms in total. The molecule has 2 aromatic rings. The van der Waals surface area contributed by atoms with Crippen LogP contribution in [0.5, 0.6) is 0 Å². The zero-order valence-corrected chi connectivity index (χ0v) is 17.8. The molecule has 0 unspecified atom stereocenters. The SMILES string of the molecule is CCOC(CNC(=O)C[S@@](=O)Cc1nc(-c2ccc(Cl)cc2)oc1C)OCC. The average Bonchev–Trinajstić information content (AvgIpc) is 3.01. The molecule has 1 aromatic carbocycles. The molecule has 0 saturated heterocycles. The second-order valence-corrected chi connectivity index (χ2v) is 7.80. The number of carbonyl (C=O) groups excluding carboxylic acids is 1. The molecule has 9 heteroatoms. The van der Waals surface area contributed by atoms with Crippen LogP contribution in [0.2, 0.25) is 5.02 Å². The molecule has 0 bridgehead atoms. The first-order valence-corrected chi connectivity index (χ1v) is 10.9. The summed E-state index contributed by atoms with van der Waals surface area (Å²) in [6, 6.07) is 7.09. The molecule has 0 aliphatic carbocycles. The minimum atomic E-state index is -1.42. The first-order valence-electron chi connectivity index (χ1n) is 9.00. The van der Waals surface area contributed by atoms with Crippen LogP contribution < -0.4 is 5.32 Å². The van der Waals surface area contributed by atoms with Gasteiger partial charge in [0, 0.05) is 34.6 Å². The van der Waals surface area contributed by atoms with Gasteiger partial charge in [-0.05, 0) is 45.0 Å². The lowest BCUT2D eigenvalue weighted by atomic mass is 10.2. The van der Waals surface area contributed by atoms with Gasteiger partial charge in [-0.25, -0.2) is 4.98 Å². The number of nitrogens with one attached hydrogen (secondary N) is 1. The minimum absolute atomic E-state index is 0.131. The van der Waals surface area contributed by atoms with Crippen molar-refractivity contribution in [2.45, 2.75) is 32.8 Å². The molecule has 0 spiro atoms. The van der Waals surface area contributed by atoms with Crippen LogP contribution in [0.1, 0.15) is 25.3 Å². The Bertz CT molecular complexity index is 788. The van der Waals surface area contributed by atoms with E-state index in [1.165, 1.54) is 0 Å². The third-order valence-electron chi connectivity index (χ3n) is 3.74. The fraction of sp³-hybridized carbons (Fsp3) is 0.474. The maximum atomic E-state index is 12.4. The summed E-state index contributed by atoms with van der Waals surface area (Å²) >= 11 is 5.89. The number of halogens is 1. The maximum Gasteiger partial charge on any atom is 0.232 e. The summed E-state index contributed by atoms with van der Waals surface area (Å²) < 4.78 is 28.7. The molecule has 0 radical (unpaired) electrons. The Morgan fingerprint density at radius 3 is 2.50 bits per heavy atom. The molecule has 0 aliphatic heterocycles. The number of benzene rings is 1. The van der Waals surface area contributed by atoms with Gasteiger partial charge in [-0.15, -0.1) is 0 Å². The van der Waals surface area contributed by atoms with Gasteiger partial charge in [0.25, 0.3) is 0 Å². The molecule has 0 aliphatic rings. The smallest absolute Gasteiger partial charge is 0.232 e. The number of oxazole rings is 1. The Balaban J connectivity index is 1.88. The summed E-state index contributed by atoms with van der Waals surface area (Å²) in [4.78, 5) is 16.4. The van der Waals surface area contributed by atoms with E-state index in [1.807, 2.05) is 13.8 Å². The van der Waals surface area contributed by atoms with E-state index in [2.05, 4.69) is 10.3 Å². The van der Waals surface area contributed by atoms with Crippen molar-refractivity contribution in [2.75, 3.05) is 25.5 Å². The van der Waals surface area contributed by atoms with Crippen molar-refractivity contribution < 1.29 is 22.9 Å². The largest absolute Gasteiger partial charge is 0.441 e. The highest BCUT2D eigenvalue weighted by Gasteiger charge is 2.17. The Kier molecular flexibility index (Phi) is 9.11. The van der Waals surface area contributed by atoms with E-state index in [-0.39, 0.29) is 24.0 Å². The molecular formula is C19H25ClN2O5S. The predicted octanol–water partition coefficient (Wildman–Crippen LogP) is 3.07. The molecule has 2 rings (SSSR count). The predicted molar refractivity (Wildman–Crippen MR) is 108 cm³/mol. The van der Waals surface area contributed by atoms with Gasteiger partial charge in [0.05, 0.1) is 18.0 Å². The zero-order valence-electron chi connectivity index (χ0n) is 16.2. The summed E-state index contributed by atoms with van der Waals surface area (Å²) in [5.74, 6) is 0.680. The second-order valence-electron chi connectivity index (χ2n) is 5.90. The van der Waals surface area contributed by atoms with E-state index in [9.17, 15) is 9.00 Å². The molecule has 1 atom stereocenters. The van der Waals surface area contributed by atoms with Gasteiger partial charge in [-0.2, -0.15) is 0 Å². The molecule has 1 heterocycles. The molecule has 28 heavy (non-hydrogen) atoms. The molecule has 1 aromatic heterocycles. The Labute approximate surface area is 172 Å². The van der Waals surface area contributed by atoms with E-state index in [4.69, 9.17) is 25.5 Å². The number of hydrogen-bond donors (Lipinski definition) is 1. The topological polar surface area (TPSA) is 90.7 Å². The van der Waals surface area contributed by atoms with E-state index in [0.717, 1.165) is 5.56 Å². The molecular weight excluding hydrogens is 404 g/mol. The molecule has 0 saturated carbocycles. The van der Waals surface area contributed by atoms with Gasteiger partial charge in [0.15, 0.2) is 6.29 Å². The first kappa shape index (κ1) is 22.5. The van der Waals surface area contributed by atoms with Gasteiger partial charge >= 0.3 is 0 Å². The van der Waals surface area contributed by atoms with Crippen LogP contribution in [0.3, 0.4) is 0 Å². The van der Waals surface area contributed by atoms with Crippen LogP contribution in [-0.2, 0) is 30.8 Å². The van der Waals surface area contributed by atoms with Crippen LogP contribution in [0.25, 0.3) is 11.5 Å². The summed E-state index contributed by atoms with van der Waals surface area (Å²) in [6.07, 6.45) is -0.507. The Morgan fingerprint density at radius 2 is 1.89 bits per heavy atom. The fourth-order valence-corrected chi connectivity index (χ4v) is 3.61. The average molecular weight is 429 g/mol. The normalized spacial score (nSPS) is 12.3. The number of rotatable bonds is 11. The van der Waals surface area contributed by atoms with E-state index >= 15 is 0 Å². The zero-order chi connectivity index (χ0) is 20.5. The first-order chi connectivity index (χ1) is 13.4. The van der Waals surface area contributed by atoms with Crippen LogP contribution in [0.15, 0.2) is 28.7 Å². The number of ether oxygens (including phenoxy) is 2. The van der Waals surface area contributed by atoms with Crippen molar-refractivity contribution in [2.24, 2.45) is 0 Å². The number of carbonyl (C=O) groups is 1. The van der Waals surface area contributed by atoms with Gasteiger partial charge in [0.2, 0.25) is 11.8 Å². The monoisotopic (exact) mass is 428 g/mol. The quantitative estimate of drug-likeness (QED) is 0.553. The molecule has 1 N–H and O–H groups in total. The lowest BCUT2D eigenvalue weighted by Gasteiger charge is -2.17. The Hall–Kier alpha value is -1.74. The van der Waals surface area contributed by atoms with E-state index in [1.54, 1.807) is 31.2 Å². The summed E-state index contributed by atoms with van der Waals surface area (Å²) in [6.45, 7) is 6.62.